The van der Waals surface area contributed by atoms with Crippen molar-refractivity contribution in [3.8, 4) is 11.5 Å². The molecule has 1 unspecified atom stereocenters. The van der Waals surface area contributed by atoms with Crippen LogP contribution in [0, 0.1) is 0 Å². The molecule has 0 bridgehead atoms. The van der Waals surface area contributed by atoms with Gasteiger partial charge in [-0.2, -0.15) is 0 Å². The third-order valence-electron chi connectivity index (χ3n) is 2.26. The summed E-state index contributed by atoms with van der Waals surface area (Å²) in [5.41, 5.74) is 1.13. The second-order valence-electron chi connectivity index (χ2n) is 3.12. The minimum Gasteiger partial charge on any atom is -0.504 e. The summed E-state index contributed by atoms with van der Waals surface area (Å²) in [6.45, 7) is 2.09. The lowest BCUT2D eigenvalue weighted by atomic mass is 10.1. The standard InChI is InChI=1S/C10H12O2/c1-2-8-6-7-4-3-5-9(11)10(7)12-8/h3-5,8,11H,2,6H2,1H3. The molecule has 2 nitrogen and oxygen atoms in total. The van der Waals surface area contributed by atoms with Crippen molar-refractivity contribution in [1.82, 2.24) is 0 Å². The van der Waals surface area contributed by atoms with Gasteiger partial charge in [0.2, 0.25) is 0 Å². The molecule has 12 heavy (non-hydrogen) atoms. The van der Waals surface area contributed by atoms with Crippen molar-refractivity contribution in [2.24, 2.45) is 0 Å². The lowest BCUT2D eigenvalue weighted by molar-refractivity contribution is 0.220. The van der Waals surface area contributed by atoms with Crippen LogP contribution in [0.3, 0.4) is 0 Å². The Morgan fingerprint density at radius 2 is 2.42 bits per heavy atom. The molecule has 1 aromatic rings. The van der Waals surface area contributed by atoms with Gasteiger partial charge in [-0.1, -0.05) is 19.1 Å². The van der Waals surface area contributed by atoms with Crippen molar-refractivity contribution in [3.63, 3.8) is 0 Å². The highest BCUT2D eigenvalue weighted by atomic mass is 16.5. The van der Waals surface area contributed by atoms with Crippen molar-refractivity contribution in [1.29, 1.82) is 0 Å². The van der Waals surface area contributed by atoms with E-state index in [1.54, 1.807) is 6.07 Å². The second kappa shape index (κ2) is 2.70. The number of benzene rings is 1. The topological polar surface area (TPSA) is 29.5 Å². The van der Waals surface area contributed by atoms with Crippen LogP contribution >= 0.6 is 0 Å². The van der Waals surface area contributed by atoms with E-state index in [-0.39, 0.29) is 11.9 Å². The van der Waals surface area contributed by atoms with E-state index in [0.717, 1.165) is 18.4 Å². The lowest BCUT2D eigenvalue weighted by Gasteiger charge is -2.06. The van der Waals surface area contributed by atoms with E-state index in [1.807, 2.05) is 12.1 Å². The molecule has 0 saturated heterocycles. The number of para-hydroxylation sites is 1. The van der Waals surface area contributed by atoms with Crippen LogP contribution in [-0.4, -0.2) is 11.2 Å². The summed E-state index contributed by atoms with van der Waals surface area (Å²) in [5, 5.41) is 9.42. The van der Waals surface area contributed by atoms with Gasteiger partial charge in [0, 0.05) is 12.0 Å². The van der Waals surface area contributed by atoms with Crippen LogP contribution in [0.5, 0.6) is 11.5 Å². The molecule has 2 rings (SSSR count). The molecule has 0 amide bonds. The van der Waals surface area contributed by atoms with Gasteiger partial charge in [-0.15, -0.1) is 0 Å². The number of hydrogen-bond acceptors (Lipinski definition) is 2. The highest BCUT2D eigenvalue weighted by Gasteiger charge is 2.23. The Kier molecular flexibility index (Phi) is 1.68. The molecule has 1 aliphatic rings. The van der Waals surface area contributed by atoms with Gasteiger partial charge in [-0.3, -0.25) is 0 Å². The molecule has 1 N–H and O–H groups in total. The highest BCUT2D eigenvalue weighted by molar-refractivity contribution is 5.48. The predicted octanol–water partition coefficient (Wildman–Crippen LogP) is 2.11. The summed E-state index contributed by atoms with van der Waals surface area (Å²) >= 11 is 0. The van der Waals surface area contributed by atoms with E-state index < -0.39 is 0 Å². The molecule has 64 valence electrons. The summed E-state index contributed by atoms with van der Waals surface area (Å²) in [5.74, 6) is 0.952. The zero-order valence-corrected chi connectivity index (χ0v) is 7.08. The highest BCUT2D eigenvalue weighted by Crippen LogP contribution is 2.37. The Labute approximate surface area is 71.8 Å². The average molecular weight is 164 g/mol. The Morgan fingerprint density at radius 1 is 1.58 bits per heavy atom. The summed E-state index contributed by atoms with van der Waals surface area (Å²) in [7, 11) is 0. The maximum atomic E-state index is 9.42. The summed E-state index contributed by atoms with van der Waals surface area (Å²) in [6, 6.07) is 5.52. The molecule has 0 saturated carbocycles. The van der Waals surface area contributed by atoms with E-state index in [1.165, 1.54) is 0 Å². The molecule has 1 heterocycles. The second-order valence-corrected chi connectivity index (χ2v) is 3.12. The van der Waals surface area contributed by atoms with Gasteiger partial charge in [0.25, 0.3) is 0 Å². The summed E-state index contributed by atoms with van der Waals surface area (Å²) in [4.78, 5) is 0. The van der Waals surface area contributed by atoms with E-state index in [2.05, 4.69) is 6.92 Å². The van der Waals surface area contributed by atoms with Gasteiger partial charge in [0.15, 0.2) is 11.5 Å². The average Bonchev–Trinajstić information content (AvgIpc) is 2.49. The minimum atomic E-state index is 0.258. The van der Waals surface area contributed by atoms with E-state index in [0.29, 0.717) is 5.75 Å². The minimum absolute atomic E-state index is 0.258. The maximum Gasteiger partial charge on any atom is 0.164 e. The normalized spacial score (nSPS) is 20.2. The molecule has 0 spiro atoms. The zero-order chi connectivity index (χ0) is 8.55. The van der Waals surface area contributed by atoms with Gasteiger partial charge < -0.3 is 9.84 Å². The van der Waals surface area contributed by atoms with Gasteiger partial charge in [-0.25, -0.2) is 0 Å². The number of fused-ring (bicyclic) bond motifs is 1. The van der Waals surface area contributed by atoms with Gasteiger partial charge >= 0.3 is 0 Å². The van der Waals surface area contributed by atoms with Crippen LogP contribution in [0.15, 0.2) is 18.2 Å². The first-order chi connectivity index (χ1) is 5.81. The third kappa shape index (κ3) is 1.04. The molecule has 2 heteroatoms. The summed E-state index contributed by atoms with van der Waals surface area (Å²) < 4.78 is 5.54. The van der Waals surface area contributed by atoms with Crippen LogP contribution in [0.4, 0.5) is 0 Å². The fourth-order valence-electron chi connectivity index (χ4n) is 1.55. The van der Waals surface area contributed by atoms with Crippen LogP contribution in [-0.2, 0) is 6.42 Å². The smallest absolute Gasteiger partial charge is 0.164 e. The van der Waals surface area contributed by atoms with Crippen molar-refractivity contribution in [3.05, 3.63) is 23.8 Å². The van der Waals surface area contributed by atoms with Crippen molar-refractivity contribution in [2.75, 3.05) is 0 Å². The first-order valence-corrected chi connectivity index (χ1v) is 4.28. The van der Waals surface area contributed by atoms with Crippen molar-refractivity contribution >= 4 is 0 Å². The fourth-order valence-corrected chi connectivity index (χ4v) is 1.55. The van der Waals surface area contributed by atoms with Crippen LogP contribution in [0.25, 0.3) is 0 Å². The number of phenols is 1. The van der Waals surface area contributed by atoms with Crippen molar-refractivity contribution < 1.29 is 9.84 Å². The number of ether oxygens (including phenoxy) is 1. The quantitative estimate of drug-likeness (QED) is 0.688. The number of phenolic OH excluding ortho intramolecular Hbond substituents is 1. The molecule has 1 aliphatic heterocycles. The van der Waals surface area contributed by atoms with Crippen LogP contribution < -0.4 is 4.74 Å². The van der Waals surface area contributed by atoms with Gasteiger partial charge in [0.05, 0.1) is 0 Å². The maximum absolute atomic E-state index is 9.42. The third-order valence-corrected chi connectivity index (χ3v) is 2.26. The fraction of sp³-hybridized carbons (Fsp3) is 0.400. The first kappa shape index (κ1) is 7.47. The van der Waals surface area contributed by atoms with E-state index in [9.17, 15) is 5.11 Å². The van der Waals surface area contributed by atoms with Crippen LogP contribution in [0.1, 0.15) is 18.9 Å². The molecular formula is C10H12O2. The number of aromatic hydroxyl groups is 1. The summed E-state index contributed by atoms with van der Waals surface area (Å²) in [6.07, 6.45) is 2.18. The Balaban J connectivity index is 2.35. The molecule has 1 atom stereocenters. The monoisotopic (exact) mass is 164 g/mol. The zero-order valence-electron chi connectivity index (χ0n) is 7.08. The Morgan fingerprint density at radius 3 is 3.08 bits per heavy atom. The lowest BCUT2D eigenvalue weighted by Crippen LogP contribution is -2.10. The molecule has 0 aromatic heterocycles. The SMILES string of the molecule is CCC1Cc2cccc(O)c2O1. The Hall–Kier alpha value is -1.18. The first-order valence-electron chi connectivity index (χ1n) is 4.28. The molecule has 0 aliphatic carbocycles. The molecule has 0 radical (unpaired) electrons. The van der Waals surface area contributed by atoms with E-state index >= 15 is 0 Å². The van der Waals surface area contributed by atoms with E-state index in [4.69, 9.17) is 4.74 Å². The largest absolute Gasteiger partial charge is 0.504 e. The predicted molar refractivity (Wildman–Crippen MR) is 46.5 cm³/mol. The van der Waals surface area contributed by atoms with Gasteiger partial charge in [0.1, 0.15) is 6.10 Å². The molecular weight excluding hydrogens is 152 g/mol. The Bertz CT molecular complexity index is 294. The number of rotatable bonds is 1. The van der Waals surface area contributed by atoms with Crippen LogP contribution in [0.2, 0.25) is 0 Å². The van der Waals surface area contributed by atoms with Crippen molar-refractivity contribution in [2.45, 2.75) is 25.9 Å². The number of hydrogen-bond donors (Lipinski definition) is 1. The molecule has 0 fully saturated rings. The molecule has 1 aromatic carbocycles. The van der Waals surface area contributed by atoms with Gasteiger partial charge in [-0.05, 0) is 12.5 Å².